The predicted molar refractivity (Wildman–Crippen MR) is 132 cm³/mol. The number of carboxylic acid groups (broad SMARTS) is 1. The minimum Gasteiger partial charge on any atom is -0.480 e. The molecule has 0 aromatic heterocycles. The van der Waals surface area contributed by atoms with Crippen molar-refractivity contribution in [2.75, 3.05) is 6.54 Å². The molecule has 11 nitrogen and oxygen atoms in total. The molecule has 198 valence electrons. The smallest absolute Gasteiger partial charge is 0.326 e. The van der Waals surface area contributed by atoms with E-state index >= 15 is 0 Å². The number of nitrogens with one attached hydrogen (secondary N) is 2. The third-order valence-corrected chi connectivity index (χ3v) is 6.09. The summed E-state index contributed by atoms with van der Waals surface area (Å²) in [4.78, 5) is 63.6. The Bertz CT molecular complexity index is 938. The molecule has 4 unspecified atom stereocenters. The number of likely N-dealkylation sites (tertiary alicyclic amines) is 1. The molecule has 1 aromatic rings. The second-order valence-corrected chi connectivity index (χ2v) is 9.58. The molecule has 1 heterocycles. The first-order valence-electron chi connectivity index (χ1n) is 12.2. The molecular formula is C25H37N5O6. The third kappa shape index (κ3) is 8.63. The number of nitrogens with zero attached hydrogens (tertiary/aromatic N) is 1. The normalized spacial score (nSPS) is 17.8. The molecule has 1 saturated heterocycles. The van der Waals surface area contributed by atoms with Crippen molar-refractivity contribution in [1.29, 1.82) is 0 Å². The van der Waals surface area contributed by atoms with E-state index in [1.807, 2.05) is 19.9 Å². The Morgan fingerprint density at radius 3 is 2.28 bits per heavy atom. The molecule has 0 bridgehead atoms. The van der Waals surface area contributed by atoms with Crippen LogP contribution in [0.4, 0.5) is 0 Å². The Morgan fingerprint density at radius 2 is 1.69 bits per heavy atom. The molecule has 7 N–H and O–H groups in total. The summed E-state index contributed by atoms with van der Waals surface area (Å²) >= 11 is 0. The Hall–Kier alpha value is -3.47. The second-order valence-electron chi connectivity index (χ2n) is 9.58. The first-order valence-corrected chi connectivity index (χ1v) is 12.2. The monoisotopic (exact) mass is 503 g/mol. The lowest BCUT2D eigenvalue weighted by atomic mass is 10.0. The van der Waals surface area contributed by atoms with Gasteiger partial charge in [0.05, 0.1) is 6.04 Å². The van der Waals surface area contributed by atoms with Gasteiger partial charge in [0.1, 0.15) is 18.1 Å². The standard InChI is InChI=1S/C25H37N5O6/c1-15(2)13-17(26)22(32)28-18(10-11-21(27)31)23(33)29-19(14-16-7-4-3-5-8-16)24(34)30-12-6-9-20(30)25(35)36/h3-5,7-8,15,17-20H,6,9-14,26H2,1-2H3,(H2,27,31)(H,28,32)(H,29,33)(H,35,36). The van der Waals surface area contributed by atoms with Gasteiger partial charge in [-0.15, -0.1) is 0 Å². The second kappa shape index (κ2) is 13.6. The first-order chi connectivity index (χ1) is 17.0. The van der Waals surface area contributed by atoms with E-state index in [1.165, 1.54) is 4.90 Å². The molecule has 11 heteroatoms. The highest BCUT2D eigenvalue weighted by molar-refractivity contribution is 5.94. The van der Waals surface area contributed by atoms with Crippen molar-refractivity contribution in [3.05, 3.63) is 35.9 Å². The molecule has 1 aliphatic rings. The maximum Gasteiger partial charge on any atom is 0.326 e. The zero-order valence-electron chi connectivity index (χ0n) is 20.8. The Kier molecular flexibility index (Phi) is 10.8. The van der Waals surface area contributed by atoms with Gasteiger partial charge < -0.3 is 32.1 Å². The van der Waals surface area contributed by atoms with Gasteiger partial charge in [-0.3, -0.25) is 19.2 Å². The number of aliphatic carboxylic acids is 1. The lowest BCUT2D eigenvalue weighted by Gasteiger charge is -2.29. The Balaban J connectivity index is 2.25. The summed E-state index contributed by atoms with van der Waals surface area (Å²) in [5.74, 6) is -3.35. The topological polar surface area (TPSA) is 185 Å². The third-order valence-electron chi connectivity index (χ3n) is 6.09. The van der Waals surface area contributed by atoms with Gasteiger partial charge >= 0.3 is 5.97 Å². The van der Waals surface area contributed by atoms with Crippen molar-refractivity contribution in [2.24, 2.45) is 17.4 Å². The summed E-state index contributed by atoms with van der Waals surface area (Å²) in [7, 11) is 0. The van der Waals surface area contributed by atoms with E-state index in [1.54, 1.807) is 24.3 Å². The zero-order valence-corrected chi connectivity index (χ0v) is 20.8. The van der Waals surface area contributed by atoms with Crippen LogP contribution in [-0.2, 0) is 30.4 Å². The van der Waals surface area contributed by atoms with Gasteiger partial charge in [-0.05, 0) is 37.2 Å². The van der Waals surface area contributed by atoms with Crippen molar-refractivity contribution in [1.82, 2.24) is 15.5 Å². The van der Waals surface area contributed by atoms with E-state index < -0.39 is 53.8 Å². The number of nitrogens with two attached hydrogens (primary N) is 2. The minimum atomic E-state index is -1.15. The summed E-state index contributed by atoms with van der Waals surface area (Å²) < 4.78 is 0. The van der Waals surface area contributed by atoms with Crippen LogP contribution in [0.5, 0.6) is 0 Å². The van der Waals surface area contributed by atoms with Gasteiger partial charge in [0.2, 0.25) is 23.6 Å². The predicted octanol–water partition coefficient (Wildman–Crippen LogP) is -0.0868. The van der Waals surface area contributed by atoms with Crippen LogP contribution in [0.3, 0.4) is 0 Å². The number of benzene rings is 1. The maximum absolute atomic E-state index is 13.4. The molecule has 0 spiro atoms. The van der Waals surface area contributed by atoms with Crippen LogP contribution in [0.25, 0.3) is 0 Å². The molecule has 0 radical (unpaired) electrons. The van der Waals surface area contributed by atoms with Crippen LogP contribution in [0.1, 0.15) is 51.5 Å². The number of hydrogen-bond acceptors (Lipinski definition) is 6. The highest BCUT2D eigenvalue weighted by Gasteiger charge is 2.38. The number of primary amides is 1. The number of rotatable bonds is 13. The summed E-state index contributed by atoms with van der Waals surface area (Å²) in [6.45, 7) is 4.09. The lowest BCUT2D eigenvalue weighted by molar-refractivity contribution is -0.149. The van der Waals surface area contributed by atoms with E-state index in [-0.39, 0.29) is 31.7 Å². The lowest BCUT2D eigenvalue weighted by Crippen LogP contribution is -2.57. The molecule has 36 heavy (non-hydrogen) atoms. The molecule has 0 saturated carbocycles. The highest BCUT2D eigenvalue weighted by atomic mass is 16.4. The van der Waals surface area contributed by atoms with Crippen LogP contribution in [0.15, 0.2) is 30.3 Å². The fraction of sp³-hybridized carbons (Fsp3) is 0.560. The van der Waals surface area contributed by atoms with E-state index in [0.29, 0.717) is 19.3 Å². The average Bonchev–Trinajstić information content (AvgIpc) is 3.31. The van der Waals surface area contributed by atoms with Gasteiger partial charge in [-0.2, -0.15) is 0 Å². The Labute approximate surface area is 211 Å². The maximum atomic E-state index is 13.4. The number of carbonyl (C=O) groups is 5. The van der Waals surface area contributed by atoms with E-state index in [0.717, 1.165) is 5.56 Å². The molecule has 0 aliphatic carbocycles. The molecule has 2 rings (SSSR count). The van der Waals surface area contributed by atoms with Crippen molar-refractivity contribution >= 4 is 29.6 Å². The van der Waals surface area contributed by atoms with Crippen LogP contribution in [-0.4, -0.2) is 70.3 Å². The molecule has 1 fully saturated rings. The van der Waals surface area contributed by atoms with Gasteiger partial charge in [0.25, 0.3) is 0 Å². The van der Waals surface area contributed by atoms with Crippen LogP contribution in [0, 0.1) is 5.92 Å². The largest absolute Gasteiger partial charge is 0.480 e. The van der Waals surface area contributed by atoms with Crippen molar-refractivity contribution in [3.63, 3.8) is 0 Å². The van der Waals surface area contributed by atoms with Crippen molar-refractivity contribution in [3.8, 4) is 0 Å². The van der Waals surface area contributed by atoms with Gasteiger partial charge in [-0.25, -0.2) is 4.79 Å². The number of hydrogen-bond donors (Lipinski definition) is 5. The number of carboxylic acids is 1. The van der Waals surface area contributed by atoms with Crippen molar-refractivity contribution < 1.29 is 29.1 Å². The quantitative estimate of drug-likeness (QED) is 0.249. The fourth-order valence-electron chi connectivity index (χ4n) is 4.26. The molecule has 1 aliphatic heterocycles. The van der Waals surface area contributed by atoms with E-state index in [9.17, 15) is 29.1 Å². The van der Waals surface area contributed by atoms with Crippen molar-refractivity contribution in [2.45, 2.75) is 76.5 Å². The fourth-order valence-corrected chi connectivity index (χ4v) is 4.26. The number of carbonyl (C=O) groups excluding carboxylic acids is 4. The summed E-state index contributed by atoms with van der Waals surface area (Å²) in [5.41, 5.74) is 12.0. The molecular weight excluding hydrogens is 466 g/mol. The zero-order chi connectivity index (χ0) is 26.8. The molecule has 4 amide bonds. The highest BCUT2D eigenvalue weighted by Crippen LogP contribution is 2.20. The SMILES string of the molecule is CC(C)CC(N)C(=O)NC(CCC(N)=O)C(=O)NC(Cc1ccccc1)C(=O)N1CCCC1C(=O)O. The van der Waals surface area contributed by atoms with Crippen LogP contribution < -0.4 is 22.1 Å². The van der Waals surface area contributed by atoms with E-state index in [4.69, 9.17) is 11.5 Å². The van der Waals surface area contributed by atoms with Gasteiger partial charge in [0, 0.05) is 19.4 Å². The summed E-state index contributed by atoms with van der Waals surface area (Å²) in [6, 6.07) is 4.95. The van der Waals surface area contributed by atoms with E-state index in [2.05, 4.69) is 10.6 Å². The Morgan fingerprint density at radius 1 is 1.06 bits per heavy atom. The summed E-state index contributed by atoms with van der Waals surface area (Å²) in [6.07, 6.45) is 1.16. The average molecular weight is 504 g/mol. The van der Waals surface area contributed by atoms with Gasteiger partial charge in [0.15, 0.2) is 0 Å². The van der Waals surface area contributed by atoms with Gasteiger partial charge in [-0.1, -0.05) is 44.2 Å². The number of amides is 4. The van der Waals surface area contributed by atoms with Crippen LogP contribution in [0.2, 0.25) is 0 Å². The first kappa shape index (κ1) is 28.8. The minimum absolute atomic E-state index is 0.0744. The molecule has 4 atom stereocenters. The summed E-state index contributed by atoms with van der Waals surface area (Å²) in [5, 5.41) is 14.8. The molecule has 1 aromatic carbocycles. The van der Waals surface area contributed by atoms with Crippen LogP contribution >= 0.6 is 0 Å².